The lowest BCUT2D eigenvalue weighted by atomic mass is 10.1. The van der Waals surface area contributed by atoms with Gasteiger partial charge in [0.15, 0.2) is 0 Å². The normalized spacial score (nSPS) is 14.8. The van der Waals surface area contributed by atoms with Crippen molar-refractivity contribution in [1.82, 2.24) is 0 Å². The summed E-state index contributed by atoms with van der Waals surface area (Å²) in [5.74, 6) is 0.727. The van der Waals surface area contributed by atoms with Crippen LogP contribution in [0, 0.1) is 5.92 Å². The summed E-state index contributed by atoms with van der Waals surface area (Å²) in [4.78, 5) is 2.49. The first-order valence-corrected chi connectivity index (χ1v) is 5.77. The molecule has 0 saturated heterocycles. The van der Waals surface area contributed by atoms with Crippen molar-refractivity contribution in [3.63, 3.8) is 0 Å². The van der Waals surface area contributed by atoms with Gasteiger partial charge in [-0.2, -0.15) is 0 Å². The molecule has 0 radical (unpaired) electrons. The van der Waals surface area contributed by atoms with E-state index < -0.39 is 0 Å². The van der Waals surface area contributed by atoms with Crippen molar-refractivity contribution in [1.29, 1.82) is 0 Å². The van der Waals surface area contributed by atoms with Gasteiger partial charge in [0.05, 0.1) is 0 Å². The molecule has 1 heterocycles. The monoisotopic (exact) mass is 204 g/mol. The van der Waals surface area contributed by atoms with Gasteiger partial charge in [0.25, 0.3) is 0 Å². The standard InChI is InChI=1S/C13H20N2/c1-10(2)9-15-6-5-12-7-11(8-14)3-4-13(12)15/h3-4,7,10H,5-6,8-9,14H2,1-2H3. The molecule has 0 atom stereocenters. The van der Waals surface area contributed by atoms with Gasteiger partial charge in [-0.05, 0) is 29.5 Å². The van der Waals surface area contributed by atoms with E-state index in [1.54, 1.807) is 0 Å². The van der Waals surface area contributed by atoms with Crippen LogP contribution >= 0.6 is 0 Å². The van der Waals surface area contributed by atoms with Crippen molar-refractivity contribution in [2.24, 2.45) is 11.7 Å². The highest BCUT2D eigenvalue weighted by Gasteiger charge is 2.19. The second kappa shape index (κ2) is 4.23. The molecule has 2 nitrogen and oxygen atoms in total. The van der Waals surface area contributed by atoms with Crippen LogP contribution in [0.15, 0.2) is 18.2 Å². The Morgan fingerprint density at radius 2 is 2.20 bits per heavy atom. The summed E-state index contributed by atoms with van der Waals surface area (Å²) < 4.78 is 0. The van der Waals surface area contributed by atoms with Crippen LogP contribution in [-0.4, -0.2) is 13.1 Å². The van der Waals surface area contributed by atoms with Crippen molar-refractivity contribution in [2.45, 2.75) is 26.8 Å². The number of anilines is 1. The minimum atomic E-state index is 0.650. The molecule has 1 aromatic carbocycles. The van der Waals surface area contributed by atoms with Gasteiger partial charge in [-0.1, -0.05) is 26.0 Å². The van der Waals surface area contributed by atoms with E-state index in [0.29, 0.717) is 6.54 Å². The molecular weight excluding hydrogens is 184 g/mol. The van der Waals surface area contributed by atoms with Gasteiger partial charge >= 0.3 is 0 Å². The van der Waals surface area contributed by atoms with Crippen LogP contribution in [0.5, 0.6) is 0 Å². The van der Waals surface area contributed by atoms with Crippen LogP contribution in [0.4, 0.5) is 5.69 Å². The minimum absolute atomic E-state index is 0.650. The van der Waals surface area contributed by atoms with Crippen LogP contribution in [0.2, 0.25) is 0 Å². The highest BCUT2D eigenvalue weighted by molar-refractivity contribution is 5.59. The second-order valence-electron chi connectivity index (χ2n) is 4.76. The number of benzene rings is 1. The van der Waals surface area contributed by atoms with Crippen molar-refractivity contribution < 1.29 is 0 Å². The number of nitrogens with zero attached hydrogens (tertiary/aromatic N) is 1. The third kappa shape index (κ3) is 2.15. The molecule has 1 aliphatic rings. The average Bonchev–Trinajstić information content (AvgIpc) is 2.60. The summed E-state index contributed by atoms with van der Waals surface area (Å²) in [6.45, 7) is 7.52. The molecule has 0 fully saturated rings. The fraction of sp³-hybridized carbons (Fsp3) is 0.538. The molecule has 0 aliphatic carbocycles. The summed E-state index contributed by atoms with van der Waals surface area (Å²) in [5.41, 5.74) is 9.78. The maximum absolute atomic E-state index is 5.65. The van der Waals surface area contributed by atoms with E-state index in [4.69, 9.17) is 5.73 Å². The average molecular weight is 204 g/mol. The maximum atomic E-state index is 5.65. The Hall–Kier alpha value is -1.02. The summed E-state index contributed by atoms with van der Waals surface area (Å²) in [7, 11) is 0. The van der Waals surface area contributed by atoms with Crippen LogP contribution in [0.25, 0.3) is 0 Å². The molecular formula is C13H20N2. The van der Waals surface area contributed by atoms with Gasteiger partial charge in [0.1, 0.15) is 0 Å². The smallest absolute Gasteiger partial charge is 0.0399 e. The Labute approximate surface area is 92.1 Å². The van der Waals surface area contributed by atoms with Gasteiger partial charge in [0.2, 0.25) is 0 Å². The summed E-state index contributed by atoms with van der Waals surface area (Å²) >= 11 is 0. The third-order valence-electron chi connectivity index (χ3n) is 2.96. The molecule has 1 aliphatic heterocycles. The Morgan fingerprint density at radius 3 is 2.87 bits per heavy atom. The number of hydrogen-bond donors (Lipinski definition) is 1. The molecule has 0 bridgehead atoms. The van der Waals surface area contributed by atoms with Crippen LogP contribution < -0.4 is 10.6 Å². The molecule has 1 aromatic rings. The molecule has 2 rings (SSSR count). The van der Waals surface area contributed by atoms with E-state index in [9.17, 15) is 0 Å². The molecule has 0 amide bonds. The van der Waals surface area contributed by atoms with Crippen molar-refractivity contribution in [2.75, 3.05) is 18.0 Å². The first-order chi connectivity index (χ1) is 7.20. The summed E-state index contributed by atoms with van der Waals surface area (Å²) in [6.07, 6.45) is 1.18. The number of rotatable bonds is 3. The fourth-order valence-corrected chi connectivity index (χ4v) is 2.28. The van der Waals surface area contributed by atoms with Crippen molar-refractivity contribution in [3.8, 4) is 0 Å². The molecule has 0 aromatic heterocycles. The topological polar surface area (TPSA) is 29.3 Å². The lowest BCUT2D eigenvalue weighted by molar-refractivity contribution is 0.622. The lowest BCUT2D eigenvalue weighted by Gasteiger charge is -2.21. The minimum Gasteiger partial charge on any atom is -0.371 e. The largest absolute Gasteiger partial charge is 0.371 e. The summed E-state index contributed by atoms with van der Waals surface area (Å²) in [6, 6.07) is 6.64. The molecule has 15 heavy (non-hydrogen) atoms. The maximum Gasteiger partial charge on any atom is 0.0399 e. The molecule has 2 N–H and O–H groups in total. The SMILES string of the molecule is CC(C)CN1CCc2cc(CN)ccc21. The second-order valence-corrected chi connectivity index (χ2v) is 4.76. The van der Waals surface area contributed by atoms with Crippen molar-refractivity contribution in [3.05, 3.63) is 29.3 Å². The number of nitrogens with two attached hydrogens (primary N) is 1. The molecule has 2 heteroatoms. The Balaban J connectivity index is 2.20. The van der Waals surface area contributed by atoms with E-state index in [1.165, 1.54) is 29.8 Å². The first kappa shape index (κ1) is 10.5. The van der Waals surface area contributed by atoms with E-state index in [0.717, 1.165) is 12.5 Å². The fourth-order valence-electron chi connectivity index (χ4n) is 2.28. The molecule has 82 valence electrons. The van der Waals surface area contributed by atoms with Gasteiger partial charge in [0, 0.05) is 25.3 Å². The van der Waals surface area contributed by atoms with E-state index >= 15 is 0 Å². The number of fused-ring (bicyclic) bond motifs is 1. The lowest BCUT2D eigenvalue weighted by Crippen LogP contribution is -2.25. The zero-order valence-electron chi connectivity index (χ0n) is 9.66. The zero-order valence-corrected chi connectivity index (χ0v) is 9.66. The highest BCUT2D eigenvalue weighted by Crippen LogP contribution is 2.29. The van der Waals surface area contributed by atoms with E-state index in [-0.39, 0.29) is 0 Å². The zero-order chi connectivity index (χ0) is 10.8. The predicted octanol–water partition coefficient (Wildman–Crippen LogP) is 2.16. The summed E-state index contributed by atoms with van der Waals surface area (Å²) in [5, 5.41) is 0. The van der Waals surface area contributed by atoms with Crippen LogP contribution in [-0.2, 0) is 13.0 Å². The quantitative estimate of drug-likeness (QED) is 0.817. The molecule has 0 spiro atoms. The van der Waals surface area contributed by atoms with Gasteiger partial charge in [-0.15, -0.1) is 0 Å². The van der Waals surface area contributed by atoms with Gasteiger partial charge < -0.3 is 10.6 Å². The number of hydrogen-bond acceptors (Lipinski definition) is 2. The first-order valence-electron chi connectivity index (χ1n) is 5.77. The molecule has 0 saturated carbocycles. The Morgan fingerprint density at radius 1 is 1.40 bits per heavy atom. The molecule has 0 unspecified atom stereocenters. The van der Waals surface area contributed by atoms with E-state index in [1.807, 2.05) is 0 Å². The van der Waals surface area contributed by atoms with Crippen molar-refractivity contribution >= 4 is 5.69 Å². The predicted molar refractivity (Wildman–Crippen MR) is 65.1 cm³/mol. The van der Waals surface area contributed by atoms with E-state index in [2.05, 4.69) is 36.9 Å². The Kier molecular flexibility index (Phi) is 2.96. The van der Waals surface area contributed by atoms with Crippen LogP contribution in [0.3, 0.4) is 0 Å². The third-order valence-corrected chi connectivity index (χ3v) is 2.96. The Bertz CT molecular complexity index is 344. The van der Waals surface area contributed by atoms with Crippen LogP contribution in [0.1, 0.15) is 25.0 Å². The highest BCUT2D eigenvalue weighted by atomic mass is 15.1. The van der Waals surface area contributed by atoms with Gasteiger partial charge in [-0.25, -0.2) is 0 Å². The van der Waals surface area contributed by atoms with Gasteiger partial charge in [-0.3, -0.25) is 0 Å².